The highest BCUT2D eigenvalue weighted by Crippen LogP contribution is 2.39. The van der Waals surface area contributed by atoms with Gasteiger partial charge in [-0.1, -0.05) is 108 Å². The maximum absolute atomic E-state index is 11.3. The molecule has 226 valence electrons. The number of hydrogen-bond acceptors (Lipinski definition) is 4. The number of nitrogens with zero attached hydrogens (tertiary/aromatic N) is 2. The number of aromatic hydroxyl groups is 1. The standard InChI is InChI=1S/C37H56N2O2/c1-34(2,3)26-18-24(32(40)28(20-26)36(7,8)9)22-38-30-16-14-15-17-31(30)39-23-25-19-27(35(4,5)6)21-29(33(25)41-13)37(10,11)12/h18-23,30-31,40H,14-17H2,1-13H3. The number of benzene rings is 2. The summed E-state index contributed by atoms with van der Waals surface area (Å²) in [6, 6.07) is 8.97. The minimum atomic E-state index is -0.168. The lowest BCUT2D eigenvalue weighted by atomic mass is 9.79. The molecule has 0 spiro atoms. The van der Waals surface area contributed by atoms with Crippen LogP contribution in [0.3, 0.4) is 0 Å². The highest BCUT2D eigenvalue weighted by molar-refractivity contribution is 5.86. The Morgan fingerprint density at radius 2 is 1.05 bits per heavy atom. The molecule has 2 aromatic carbocycles. The monoisotopic (exact) mass is 560 g/mol. The first-order chi connectivity index (χ1) is 18.7. The molecule has 3 rings (SSSR count). The van der Waals surface area contributed by atoms with Crippen LogP contribution in [0.4, 0.5) is 0 Å². The predicted octanol–water partition coefficient (Wildman–Crippen LogP) is 9.44. The number of phenolic OH excluding ortho intramolecular Hbond substituents is 1. The van der Waals surface area contributed by atoms with Crippen molar-refractivity contribution in [3.8, 4) is 11.5 Å². The molecule has 4 nitrogen and oxygen atoms in total. The van der Waals surface area contributed by atoms with Crippen LogP contribution < -0.4 is 4.74 Å². The lowest BCUT2D eigenvalue weighted by Crippen LogP contribution is -2.27. The first kappa shape index (κ1) is 32.9. The van der Waals surface area contributed by atoms with Crippen molar-refractivity contribution in [3.63, 3.8) is 0 Å². The molecular formula is C37H56N2O2. The molecule has 0 saturated heterocycles. The third kappa shape index (κ3) is 8.02. The molecular weight excluding hydrogens is 504 g/mol. The molecule has 2 atom stereocenters. The maximum Gasteiger partial charge on any atom is 0.131 e. The van der Waals surface area contributed by atoms with Crippen LogP contribution in [0.5, 0.6) is 11.5 Å². The van der Waals surface area contributed by atoms with Crippen LogP contribution in [-0.4, -0.2) is 36.7 Å². The van der Waals surface area contributed by atoms with Gasteiger partial charge < -0.3 is 9.84 Å². The van der Waals surface area contributed by atoms with E-state index in [-0.39, 0.29) is 33.7 Å². The van der Waals surface area contributed by atoms with E-state index in [2.05, 4.69) is 107 Å². The van der Waals surface area contributed by atoms with Crippen LogP contribution in [0.25, 0.3) is 0 Å². The Kier molecular flexibility index (Phi) is 9.57. The van der Waals surface area contributed by atoms with Crippen molar-refractivity contribution in [1.82, 2.24) is 0 Å². The average molecular weight is 561 g/mol. The molecule has 0 bridgehead atoms. The summed E-state index contributed by atoms with van der Waals surface area (Å²) in [6.07, 6.45) is 8.23. The SMILES string of the molecule is COc1c(C=NC2CCCCC2N=Cc2cc(C(C)(C)C)cc(C(C)(C)C)c2O)cc(C(C)(C)C)cc1C(C)(C)C. The fraction of sp³-hybridized carbons (Fsp3) is 0.622. The van der Waals surface area contributed by atoms with Crippen molar-refractivity contribution in [2.24, 2.45) is 9.98 Å². The van der Waals surface area contributed by atoms with Crippen LogP contribution in [0, 0.1) is 0 Å². The van der Waals surface area contributed by atoms with E-state index in [1.165, 1.54) is 16.7 Å². The molecule has 4 heteroatoms. The summed E-state index contributed by atoms with van der Waals surface area (Å²) in [4.78, 5) is 10.2. The molecule has 1 saturated carbocycles. The smallest absolute Gasteiger partial charge is 0.131 e. The van der Waals surface area contributed by atoms with Crippen LogP contribution in [0.15, 0.2) is 34.3 Å². The Balaban J connectivity index is 2.02. The van der Waals surface area contributed by atoms with Gasteiger partial charge in [-0.2, -0.15) is 0 Å². The summed E-state index contributed by atoms with van der Waals surface area (Å²) >= 11 is 0. The molecule has 0 amide bonds. The van der Waals surface area contributed by atoms with Gasteiger partial charge in [0.15, 0.2) is 0 Å². The van der Waals surface area contributed by atoms with E-state index >= 15 is 0 Å². The fourth-order valence-electron chi connectivity index (χ4n) is 5.52. The van der Waals surface area contributed by atoms with Crippen molar-refractivity contribution in [2.75, 3.05) is 7.11 Å². The topological polar surface area (TPSA) is 54.2 Å². The second kappa shape index (κ2) is 11.9. The zero-order valence-corrected chi connectivity index (χ0v) is 28.2. The molecule has 2 aromatic rings. The van der Waals surface area contributed by atoms with Crippen molar-refractivity contribution in [2.45, 2.75) is 143 Å². The molecule has 1 fully saturated rings. The minimum Gasteiger partial charge on any atom is -0.507 e. The normalized spacial score (nSPS) is 19.3. The largest absolute Gasteiger partial charge is 0.507 e. The average Bonchev–Trinajstić information content (AvgIpc) is 2.84. The van der Waals surface area contributed by atoms with Crippen molar-refractivity contribution in [3.05, 3.63) is 57.6 Å². The van der Waals surface area contributed by atoms with E-state index in [1.54, 1.807) is 7.11 Å². The van der Waals surface area contributed by atoms with Crippen LogP contribution >= 0.6 is 0 Å². The Morgan fingerprint density at radius 1 is 0.634 bits per heavy atom. The number of phenols is 1. The number of methoxy groups -OCH3 is 1. The lowest BCUT2D eigenvalue weighted by Gasteiger charge is -2.29. The quantitative estimate of drug-likeness (QED) is 0.370. The Morgan fingerprint density at radius 3 is 1.46 bits per heavy atom. The van der Waals surface area contributed by atoms with E-state index in [4.69, 9.17) is 14.7 Å². The highest BCUT2D eigenvalue weighted by Gasteiger charge is 2.28. The van der Waals surface area contributed by atoms with Crippen LogP contribution in [-0.2, 0) is 21.7 Å². The number of rotatable bonds is 5. The van der Waals surface area contributed by atoms with Crippen molar-refractivity contribution in [1.29, 1.82) is 0 Å². The van der Waals surface area contributed by atoms with E-state index < -0.39 is 0 Å². The molecule has 0 aliphatic heterocycles. The molecule has 41 heavy (non-hydrogen) atoms. The first-order valence-corrected chi connectivity index (χ1v) is 15.4. The molecule has 1 N–H and O–H groups in total. The third-order valence-corrected chi connectivity index (χ3v) is 8.31. The van der Waals surface area contributed by atoms with Gasteiger partial charge in [0.05, 0.1) is 19.2 Å². The van der Waals surface area contributed by atoms with Gasteiger partial charge in [-0.3, -0.25) is 9.98 Å². The molecule has 0 heterocycles. The number of aliphatic imine (C=N–C) groups is 2. The van der Waals surface area contributed by atoms with Gasteiger partial charge in [0, 0.05) is 34.7 Å². The summed E-state index contributed by atoms with van der Waals surface area (Å²) in [5, 5.41) is 11.3. The van der Waals surface area contributed by atoms with Gasteiger partial charge in [-0.25, -0.2) is 0 Å². The van der Waals surface area contributed by atoms with E-state index in [1.807, 2.05) is 12.4 Å². The van der Waals surface area contributed by atoms with Gasteiger partial charge in [0.25, 0.3) is 0 Å². The van der Waals surface area contributed by atoms with Crippen molar-refractivity contribution >= 4 is 12.4 Å². The van der Waals surface area contributed by atoms with E-state index in [0.29, 0.717) is 5.75 Å². The molecule has 1 aliphatic rings. The molecule has 2 unspecified atom stereocenters. The van der Waals surface area contributed by atoms with Gasteiger partial charge >= 0.3 is 0 Å². The third-order valence-electron chi connectivity index (χ3n) is 8.31. The molecule has 0 radical (unpaired) electrons. The summed E-state index contributed by atoms with van der Waals surface area (Å²) in [5.74, 6) is 1.24. The van der Waals surface area contributed by atoms with E-state index in [0.717, 1.165) is 48.1 Å². The maximum atomic E-state index is 11.3. The number of ether oxygens (including phenoxy) is 1. The fourth-order valence-corrected chi connectivity index (χ4v) is 5.52. The van der Waals surface area contributed by atoms with Crippen molar-refractivity contribution < 1.29 is 9.84 Å². The summed E-state index contributed by atoms with van der Waals surface area (Å²) in [7, 11) is 1.76. The predicted molar refractivity (Wildman–Crippen MR) is 177 cm³/mol. The van der Waals surface area contributed by atoms with Gasteiger partial charge in [0.1, 0.15) is 11.5 Å². The Hall–Kier alpha value is -2.62. The Bertz CT molecular complexity index is 1270. The van der Waals surface area contributed by atoms with Gasteiger partial charge in [-0.05, 0) is 57.8 Å². The molecule has 0 aromatic heterocycles. The van der Waals surface area contributed by atoms with Gasteiger partial charge in [0.2, 0.25) is 0 Å². The second-order valence-electron chi connectivity index (χ2n) is 16.1. The lowest BCUT2D eigenvalue weighted by molar-refractivity contribution is 0.388. The number of hydrogen-bond donors (Lipinski definition) is 1. The molecule has 1 aliphatic carbocycles. The summed E-state index contributed by atoms with van der Waals surface area (Å²) in [6.45, 7) is 26.6. The van der Waals surface area contributed by atoms with Crippen LogP contribution in [0.1, 0.15) is 142 Å². The highest BCUT2D eigenvalue weighted by atomic mass is 16.5. The first-order valence-electron chi connectivity index (χ1n) is 15.4. The van der Waals surface area contributed by atoms with E-state index in [9.17, 15) is 5.11 Å². The summed E-state index contributed by atoms with van der Waals surface area (Å²) in [5.41, 5.74) is 6.25. The summed E-state index contributed by atoms with van der Waals surface area (Å²) < 4.78 is 5.98. The minimum absolute atomic E-state index is 0.0159. The zero-order chi connectivity index (χ0) is 31.0. The second-order valence-corrected chi connectivity index (χ2v) is 16.1. The van der Waals surface area contributed by atoms with Gasteiger partial charge in [-0.15, -0.1) is 0 Å². The zero-order valence-electron chi connectivity index (χ0n) is 28.2. The van der Waals surface area contributed by atoms with Crippen LogP contribution in [0.2, 0.25) is 0 Å². The Labute approximate surface area is 250 Å².